The molecule has 1 fully saturated rings. The number of anilines is 1. The van der Waals surface area contributed by atoms with Crippen LogP contribution in [0.3, 0.4) is 0 Å². The van der Waals surface area contributed by atoms with Gasteiger partial charge in [-0.25, -0.2) is 0 Å². The van der Waals surface area contributed by atoms with Gasteiger partial charge in [0.1, 0.15) is 0 Å². The van der Waals surface area contributed by atoms with E-state index in [-0.39, 0.29) is 11.8 Å². The monoisotopic (exact) mass is 204 g/mol. The van der Waals surface area contributed by atoms with Crippen LogP contribution in [0, 0.1) is 11.8 Å². The number of nitrogens with one attached hydrogen (secondary N) is 1. The lowest BCUT2D eigenvalue weighted by Crippen LogP contribution is -2.14. The van der Waals surface area contributed by atoms with Crippen LogP contribution in [0.25, 0.3) is 0 Å². The maximum atomic E-state index is 10.8. The molecule has 15 heavy (non-hydrogen) atoms. The Morgan fingerprint density at radius 1 is 1.40 bits per heavy atom. The van der Waals surface area contributed by atoms with Crippen molar-refractivity contribution in [2.45, 2.75) is 12.8 Å². The van der Waals surface area contributed by atoms with Crippen molar-refractivity contribution in [2.75, 3.05) is 11.9 Å². The number of nitrogens with two attached hydrogens (primary N) is 1. The van der Waals surface area contributed by atoms with Crippen LogP contribution < -0.4 is 11.1 Å². The normalized spacial score (nSPS) is 23.5. The van der Waals surface area contributed by atoms with E-state index in [0.717, 1.165) is 25.1 Å². The third-order valence-corrected chi connectivity index (χ3v) is 2.91. The SMILES string of the molecule is NC(=O)C1CC1CCNc1ccccc1. The van der Waals surface area contributed by atoms with Crippen molar-refractivity contribution in [1.82, 2.24) is 0 Å². The van der Waals surface area contributed by atoms with E-state index in [4.69, 9.17) is 5.73 Å². The van der Waals surface area contributed by atoms with Gasteiger partial charge < -0.3 is 11.1 Å². The van der Waals surface area contributed by atoms with Gasteiger partial charge >= 0.3 is 0 Å². The smallest absolute Gasteiger partial charge is 0.220 e. The fourth-order valence-electron chi connectivity index (χ4n) is 1.87. The summed E-state index contributed by atoms with van der Waals surface area (Å²) in [5.41, 5.74) is 6.34. The van der Waals surface area contributed by atoms with Gasteiger partial charge in [0.2, 0.25) is 5.91 Å². The molecule has 2 rings (SSSR count). The molecule has 80 valence electrons. The van der Waals surface area contributed by atoms with Gasteiger partial charge in [-0.3, -0.25) is 4.79 Å². The summed E-state index contributed by atoms with van der Waals surface area (Å²) in [7, 11) is 0. The summed E-state index contributed by atoms with van der Waals surface area (Å²) < 4.78 is 0. The first kappa shape index (κ1) is 10.0. The topological polar surface area (TPSA) is 55.1 Å². The Morgan fingerprint density at radius 2 is 2.13 bits per heavy atom. The summed E-state index contributed by atoms with van der Waals surface area (Å²) in [6.07, 6.45) is 2.01. The van der Waals surface area contributed by atoms with Gasteiger partial charge in [0, 0.05) is 18.2 Å². The number of hydrogen-bond donors (Lipinski definition) is 2. The molecule has 1 amide bonds. The number of carbonyl (C=O) groups is 1. The average Bonchev–Trinajstić information content (AvgIpc) is 2.99. The molecule has 2 atom stereocenters. The lowest BCUT2D eigenvalue weighted by atomic mass is 10.2. The second-order valence-corrected chi connectivity index (χ2v) is 4.09. The highest BCUT2D eigenvalue weighted by Gasteiger charge is 2.40. The van der Waals surface area contributed by atoms with E-state index in [9.17, 15) is 4.79 Å². The highest BCUT2D eigenvalue weighted by Crippen LogP contribution is 2.40. The first-order valence-corrected chi connectivity index (χ1v) is 5.35. The maximum Gasteiger partial charge on any atom is 0.220 e. The van der Waals surface area contributed by atoms with Crippen molar-refractivity contribution < 1.29 is 4.79 Å². The maximum absolute atomic E-state index is 10.8. The van der Waals surface area contributed by atoms with Gasteiger partial charge in [-0.1, -0.05) is 18.2 Å². The van der Waals surface area contributed by atoms with E-state index in [1.165, 1.54) is 0 Å². The molecule has 1 aliphatic rings. The Bertz CT molecular complexity index is 337. The summed E-state index contributed by atoms with van der Waals surface area (Å²) in [4.78, 5) is 10.8. The minimum absolute atomic E-state index is 0.139. The molecular formula is C12H16N2O. The van der Waals surface area contributed by atoms with Crippen LogP contribution in [0.1, 0.15) is 12.8 Å². The molecular weight excluding hydrogens is 188 g/mol. The van der Waals surface area contributed by atoms with Crippen molar-refractivity contribution in [3.8, 4) is 0 Å². The molecule has 1 aromatic rings. The molecule has 0 saturated heterocycles. The number of primary amides is 1. The highest BCUT2D eigenvalue weighted by molar-refractivity contribution is 5.79. The highest BCUT2D eigenvalue weighted by atomic mass is 16.1. The average molecular weight is 204 g/mol. The van der Waals surface area contributed by atoms with Crippen LogP contribution >= 0.6 is 0 Å². The minimum atomic E-state index is -0.139. The third kappa shape index (κ3) is 2.72. The van der Waals surface area contributed by atoms with Crippen LogP contribution in [0.2, 0.25) is 0 Å². The van der Waals surface area contributed by atoms with Gasteiger partial charge in [0.15, 0.2) is 0 Å². The minimum Gasteiger partial charge on any atom is -0.385 e. The molecule has 0 heterocycles. The van der Waals surface area contributed by atoms with Crippen LogP contribution in [0.5, 0.6) is 0 Å². The predicted octanol–water partition coefficient (Wildman–Crippen LogP) is 1.61. The zero-order valence-corrected chi connectivity index (χ0v) is 8.65. The molecule has 0 aliphatic heterocycles. The second kappa shape index (κ2) is 4.34. The van der Waals surface area contributed by atoms with Crippen LogP contribution in [-0.4, -0.2) is 12.5 Å². The number of para-hydroxylation sites is 1. The molecule has 3 N–H and O–H groups in total. The van der Waals surface area contributed by atoms with Crippen molar-refractivity contribution in [1.29, 1.82) is 0 Å². The van der Waals surface area contributed by atoms with E-state index in [1.54, 1.807) is 0 Å². The zero-order valence-electron chi connectivity index (χ0n) is 8.65. The lowest BCUT2D eigenvalue weighted by molar-refractivity contribution is -0.119. The number of hydrogen-bond acceptors (Lipinski definition) is 2. The van der Waals surface area contributed by atoms with Crippen LogP contribution in [0.4, 0.5) is 5.69 Å². The number of amides is 1. The first-order chi connectivity index (χ1) is 7.27. The Kier molecular flexibility index (Phi) is 2.90. The summed E-state index contributed by atoms with van der Waals surface area (Å²) in [6.45, 7) is 0.915. The second-order valence-electron chi connectivity index (χ2n) is 4.09. The fourth-order valence-corrected chi connectivity index (χ4v) is 1.87. The first-order valence-electron chi connectivity index (χ1n) is 5.35. The summed E-state index contributed by atoms with van der Waals surface area (Å²) in [5, 5.41) is 3.32. The Balaban J connectivity index is 1.67. The Labute approximate surface area is 89.7 Å². The van der Waals surface area contributed by atoms with E-state index in [1.807, 2.05) is 30.3 Å². The van der Waals surface area contributed by atoms with E-state index in [0.29, 0.717) is 5.92 Å². The zero-order chi connectivity index (χ0) is 10.7. The van der Waals surface area contributed by atoms with Crippen molar-refractivity contribution >= 4 is 11.6 Å². The molecule has 3 heteroatoms. The van der Waals surface area contributed by atoms with E-state index in [2.05, 4.69) is 5.32 Å². The van der Waals surface area contributed by atoms with Crippen molar-refractivity contribution in [2.24, 2.45) is 17.6 Å². The molecule has 0 spiro atoms. The lowest BCUT2D eigenvalue weighted by Gasteiger charge is -2.04. The number of rotatable bonds is 5. The summed E-state index contributed by atoms with van der Waals surface area (Å²) in [6, 6.07) is 10.1. The van der Waals surface area contributed by atoms with Gasteiger partial charge in [-0.15, -0.1) is 0 Å². The molecule has 0 bridgehead atoms. The molecule has 1 saturated carbocycles. The summed E-state index contributed by atoms with van der Waals surface area (Å²) in [5.74, 6) is 0.515. The third-order valence-electron chi connectivity index (χ3n) is 2.91. The molecule has 0 radical (unpaired) electrons. The van der Waals surface area contributed by atoms with Crippen LogP contribution in [-0.2, 0) is 4.79 Å². The molecule has 1 aliphatic carbocycles. The predicted molar refractivity (Wildman–Crippen MR) is 60.3 cm³/mol. The Hall–Kier alpha value is -1.51. The van der Waals surface area contributed by atoms with Crippen molar-refractivity contribution in [3.63, 3.8) is 0 Å². The van der Waals surface area contributed by atoms with Crippen LogP contribution in [0.15, 0.2) is 30.3 Å². The standard InChI is InChI=1S/C12H16N2O/c13-12(15)11-8-9(11)6-7-14-10-4-2-1-3-5-10/h1-5,9,11,14H,6-8H2,(H2,13,15). The van der Waals surface area contributed by atoms with Gasteiger partial charge in [-0.2, -0.15) is 0 Å². The van der Waals surface area contributed by atoms with Gasteiger partial charge in [-0.05, 0) is 30.9 Å². The van der Waals surface area contributed by atoms with Crippen molar-refractivity contribution in [3.05, 3.63) is 30.3 Å². The molecule has 0 aromatic heterocycles. The summed E-state index contributed by atoms with van der Waals surface area (Å²) >= 11 is 0. The fraction of sp³-hybridized carbons (Fsp3) is 0.417. The number of carbonyl (C=O) groups excluding carboxylic acids is 1. The largest absolute Gasteiger partial charge is 0.385 e. The molecule has 3 nitrogen and oxygen atoms in total. The Morgan fingerprint density at radius 3 is 2.73 bits per heavy atom. The van der Waals surface area contributed by atoms with Gasteiger partial charge in [0.05, 0.1) is 0 Å². The van der Waals surface area contributed by atoms with E-state index >= 15 is 0 Å². The van der Waals surface area contributed by atoms with E-state index < -0.39 is 0 Å². The van der Waals surface area contributed by atoms with Gasteiger partial charge in [0.25, 0.3) is 0 Å². The molecule has 2 unspecified atom stereocenters. The number of benzene rings is 1. The molecule has 1 aromatic carbocycles. The quantitative estimate of drug-likeness (QED) is 0.765.